The molecule has 0 atom stereocenters. The third-order valence-electron chi connectivity index (χ3n) is 3.03. The van der Waals surface area contributed by atoms with Gasteiger partial charge in [0.1, 0.15) is 12.0 Å². The van der Waals surface area contributed by atoms with Crippen molar-refractivity contribution in [3.05, 3.63) is 53.5 Å². The highest BCUT2D eigenvalue weighted by atomic mass is 19.4. The van der Waals surface area contributed by atoms with Crippen LogP contribution in [0.2, 0.25) is 0 Å². The minimum atomic E-state index is -4.17. The molecule has 0 fully saturated rings. The van der Waals surface area contributed by atoms with Crippen LogP contribution in [0.25, 0.3) is 0 Å². The number of hydrogen-bond donors (Lipinski definition) is 2. The lowest BCUT2D eigenvalue weighted by atomic mass is 10.1. The molecule has 0 saturated carbocycles. The highest BCUT2D eigenvalue weighted by Crippen LogP contribution is 2.22. The van der Waals surface area contributed by atoms with Crippen molar-refractivity contribution < 1.29 is 22.4 Å². The van der Waals surface area contributed by atoms with E-state index in [9.17, 15) is 18.0 Å². The summed E-state index contributed by atoms with van der Waals surface area (Å²) in [4.78, 5) is 11.9. The number of hydrogen-bond acceptors (Lipinski definition) is 3. The first kappa shape index (κ1) is 16.1. The third kappa shape index (κ3) is 4.63. The van der Waals surface area contributed by atoms with Crippen LogP contribution in [-0.2, 0) is 13.0 Å². The van der Waals surface area contributed by atoms with Crippen LogP contribution in [0, 0.1) is 0 Å². The summed E-state index contributed by atoms with van der Waals surface area (Å²) in [5.41, 5.74) is 6.78. The Morgan fingerprint density at radius 1 is 1.23 bits per heavy atom. The SMILES string of the molecule is NCc1cc(C(=O)Nc2ccc(CCC(F)(F)F)cc2)co1. The second kappa shape index (κ2) is 6.65. The zero-order valence-electron chi connectivity index (χ0n) is 11.6. The standard InChI is InChI=1S/C15H15F3N2O2/c16-15(17,18)6-5-10-1-3-12(4-2-10)20-14(21)11-7-13(8-19)22-9-11/h1-4,7,9H,5-6,8,19H2,(H,20,21). The van der Waals surface area contributed by atoms with Crippen LogP contribution in [0.1, 0.15) is 28.1 Å². The number of rotatable bonds is 5. The van der Waals surface area contributed by atoms with Gasteiger partial charge in [0.05, 0.1) is 12.1 Å². The molecule has 7 heteroatoms. The van der Waals surface area contributed by atoms with Crippen LogP contribution >= 0.6 is 0 Å². The topological polar surface area (TPSA) is 68.3 Å². The van der Waals surface area contributed by atoms with E-state index < -0.39 is 12.6 Å². The van der Waals surface area contributed by atoms with Crippen molar-refractivity contribution in [3.8, 4) is 0 Å². The van der Waals surface area contributed by atoms with Gasteiger partial charge in [-0.05, 0) is 30.2 Å². The fourth-order valence-electron chi connectivity index (χ4n) is 1.85. The molecule has 0 radical (unpaired) electrons. The van der Waals surface area contributed by atoms with E-state index >= 15 is 0 Å². The first-order valence-electron chi connectivity index (χ1n) is 6.62. The Hall–Kier alpha value is -2.28. The fourth-order valence-corrected chi connectivity index (χ4v) is 1.85. The first-order chi connectivity index (χ1) is 10.4. The molecule has 1 amide bonds. The molecule has 118 valence electrons. The summed E-state index contributed by atoms with van der Waals surface area (Å²) in [6.45, 7) is 0.196. The summed E-state index contributed by atoms with van der Waals surface area (Å²) in [5, 5.41) is 2.63. The maximum atomic E-state index is 12.1. The van der Waals surface area contributed by atoms with Crippen LogP contribution in [0.3, 0.4) is 0 Å². The minimum absolute atomic E-state index is 0.0840. The molecule has 3 N–H and O–H groups in total. The summed E-state index contributed by atoms with van der Waals surface area (Å²) < 4.78 is 41.5. The Bertz CT molecular complexity index is 633. The van der Waals surface area contributed by atoms with E-state index in [1.54, 1.807) is 24.3 Å². The van der Waals surface area contributed by atoms with Crippen molar-refractivity contribution in [2.75, 3.05) is 5.32 Å². The van der Waals surface area contributed by atoms with E-state index in [-0.39, 0.29) is 18.9 Å². The summed E-state index contributed by atoms with van der Waals surface area (Å²) in [5.74, 6) is 0.124. The number of halogens is 3. The minimum Gasteiger partial charge on any atom is -0.467 e. The van der Waals surface area contributed by atoms with E-state index in [0.29, 0.717) is 22.6 Å². The van der Waals surface area contributed by atoms with Gasteiger partial charge in [0.25, 0.3) is 5.91 Å². The van der Waals surface area contributed by atoms with Crippen molar-refractivity contribution in [1.82, 2.24) is 0 Å². The lowest BCUT2D eigenvalue weighted by Gasteiger charge is -2.07. The van der Waals surface area contributed by atoms with E-state index in [4.69, 9.17) is 10.2 Å². The molecule has 2 rings (SSSR count). The predicted octanol–water partition coefficient (Wildman–Crippen LogP) is 3.49. The lowest BCUT2D eigenvalue weighted by molar-refractivity contribution is -0.133. The number of benzene rings is 1. The molecule has 0 aliphatic rings. The molecule has 1 aromatic carbocycles. The summed E-state index contributed by atoms with van der Waals surface area (Å²) in [6.07, 6.45) is -3.82. The molecule has 0 spiro atoms. The fraction of sp³-hybridized carbons (Fsp3) is 0.267. The molecule has 4 nitrogen and oxygen atoms in total. The Morgan fingerprint density at radius 3 is 2.45 bits per heavy atom. The quantitative estimate of drug-likeness (QED) is 0.888. The largest absolute Gasteiger partial charge is 0.467 e. The molecular weight excluding hydrogens is 297 g/mol. The van der Waals surface area contributed by atoms with Crippen LogP contribution < -0.4 is 11.1 Å². The first-order valence-corrected chi connectivity index (χ1v) is 6.62. The van der Waals surface area contributed by atoms with Gasteiger partial charge in [-0.25, -0.2) is 0 Å². The lowest BCUT2D eigenvalue weighted by Crippen LogP contribution is -2.11. The molecule has 0 aliphatic carbocycles. The van der Waals surface area contributed by atoms with Crippen molar-refractivity contribution in [2.45, 2.75) is 25.6 Å². The van der Waals surface area contributed by atoms with Gasteiger partial charge in [-0.3, -0.25) is 4.79 Å². The zero-order chi connectivity index (χ0) is 16.2. The van der Waals surface area contributed by atoms with Crippen LogP contribution in [0.5, 0.6) is 0 Å². The Labute approximate surface area is 125 Å². The molecule has 1 aromatic heterocycles. The summed E-state index contributed by atoms with van der Waals surface area (Å²) >= 11 is 0. The molecular formula is C15H15F3N2O2. The van der Waals surface area contributed by atoms with Gasteiger partial charge in [0.2, 0.25) is 0 Å². The van der Waals surface area contributed by atoms with Gasteiger partial charge in [-0.1, -0.05) is 12.1 Å². The number of alkyl halides is 3. The number of carbonyl (C=O) groups excluding carboxylic acids is 1. The van der Waals surface area contributed by atoms with E-state index in [1.807, 2.05) is 0 Å². The zero-order valence-corrected chi connectivity index (χ0v) is 11.6. The molecule has 22 heavy (non-hydrogen) atoms. The molecule has 0 saturated heterocycles. The van der Waals surface area contributed by atoms with Gasteiger partial charge in [0, 0.05) is 12.1 Å². The van der Waals surface area contributed by atoms with Gasteiger partial charge in [-0.15, -0.1) is 0 Å². The monoisotopic (exact) mass is 312 g/mol. The second-order valence-electron chi connectivity index (χ2n) is 4.77. The molecule has 0 bridgehead atoms. The van der Waals surface area contributed by atoms with Crippen molar-refractivity contribution in [1.29, 1.82) is 0 Å². The van der Waals surface area contributed by atoms with E-state index in [2.05, 4.69) is 5.32 Å². The maximum Gasteiger partial charge on any atom is 0.389 e. The number of amides is 1. The van der Waals surface area contributed by atoms with Crippen LogP contribution in [0.4, 0.5) is 18.9 Å². The van der Waals surface area contributed by atoms with Gasteiger partial charge in [0.15, 0.2) is 0 Å². The Balaban J connectivity index is 1.94. The Morgan fingerprint density at radius 2 is 1.91 bits per heavy atom. The normalized spacial score (nSPS) is 11.5. The van der Waals surface area contributed by atoms with Gasteiger partial charge in [-0.2, -0.15) is 13.2 Å². The number of aryl methyl sites for hydroxylation is 1. The maximum absolute atomic E-state index is 12.1. The average Bonchev–Trinajstić information content (AvgIpc) is 2.95. The van der Waals surface area contributed by atoms with Crippen molar-refractivity contribution in [3.63, 3.8) is 0 Å². The predicted molar refractivity (Wildman–Crippen MR) is 75.4 cm³/mol. The average molecular weight is 312 g/mol. The van der Waals surface area contributed by atoms with Crippen molar-refractivity contribution in [2.24, 2.45) is 5.73 Å². The number of nitrogens with one attached hydrogen (secondary N) is 1. The highest BCUT2D eigenvalue weighted by Gasteiger charge is 2.26. The number of anilines is 1. The second-order valence-corrected chi connectivity index (χ2v) is 4.77. The third-order valence-corrected chi connectivity index (χ3v) is 3.03. The number of nitrogens with two attached hydrogens (primary N) is 1. The molecule has 0 aliphatic heterocycles. The number of furan rings is 1. The van der Waals surface area contributed by atoms with Crippen LogP contribution in [0.15, 0.2) is 41.0 Å². The summed E-state index contributed by atoms with van der Waals surface area (Å²) in [6, 6.07) is 7.78. The molecule has 2 aromatic rings. The molecule has 0 unspecified atom stereocenters. The molecule has 1 heterocycles. The van der Waals surface area contributed by atoms with Crippen molar-refractivity contribution >= 4 is 11.6 Å². The van der Waals surface area contributed by atoms with Gasteiger partial charge < -0.3 is 15.5 Å². The van der Waals surface area contributed by atoms with Gasteiger partial charge >= 0.3 is 6.18 Å². The number of carbonyl (C=O) groups is 1. The smallest absolute Gasteiger partial charge is 0.389 e. The highest BCUT2D eigenvalue weighted by molar-refractivity contribution is 6.04. The van der Waals surface area contributed by atoms with Crippen LogP contribution in [-0.4, -0.2) is 12.1 Å². The van der Waals surface area contributed by atoms with E-state index in [1.165, 1.54) is 12.3 Å². The Kier molecular flexibility index (Phi) is 4.87. The summed E-state index contributed by atoms with van der Waals surface area (Å²) in [7, 11) is 0. The van der Waals surface area contributed by atoms with E-state index in [0.717, 1.165) is 0 Å².